The number of carbonyl (C=O) groups excluding carboxylic acids is 2. The van der Waals surface area contributed by atoms with Gasteiger partial charge in [0.1, 0.15) is 11.2 Å². The Balaban J connectivity index is 0.00000254. The average molecular weight is 345 g/mol. The zero-order chi connectivity index (χ0) is 19.0. The van der Waals surface area contributed by atoms with Gasteiger partial charge in [-0.25, -0.2) is 9.59 Å². The Labute approximate surface area is 146 Å². The van der Waals surface area contributed by atoms with Gasteiger partial charge in [0.2, 0.25) is 0 Å². The van der Waals surface area contributed by atoms with Crippen LogP contribution < -0.4 is 16.0 Å². The monoisotopic (exact) mass is 345 g/mol. The number of alkyl carbamates (subject to hydrolysis) is 2. The van der Waals surface area contributed by atoms with Crippen LogP contribution in [0, 0.1) is 0 Å². The molecule has 142 valence electrons. The normalized spacial score (nSPS) is 21.0. The minimum absolute atomic E-state index is 0.0939. The third-order valence-corrected chi connectivity index (χ3v) is 2.79. The lowest BCUT2D eigenvalue weighted by molar-refractivity contribution is 0.0469. The first-order valence-electron chi connectivity index (χ1n) is 8.64. The van der Waals surface area contributed by atoms with E-state index in [0.717, 1.165) is 0 Å². The van der Waals surface area contributed by atoms with Gasteiger partial charge in [-0.15, -0.1) is 0 Å². The van der Waals surface area contributed by atoms with Crippen LogP contribution in [0.5, 0.6) is 0 Å². The molecular formula is C17H35N3O4. The van der Waals surface area contributed by atoms with Crippen LogP contribution in [0.25, 0.3) is 0 Å². The highest BCUT2D eigenvalue weighted by atomic mass is 16.6. The van der Waals surface area contributed by atoms with Crippen LogP contribution in [0.4, 0.5) is 9.59 Å². The molecular weight excluding hydrogens is 310 g/mol. The van der Waals surface area contributed by atoms with Crippen molar-refractivity contribution in [1.82, 2.24) is 16.0 Å². The second-order valence-corrected chi connectivity index (χ2v) is 7.58. The lowest BCUT2D eigenvalue weighted by atomic mass is 10.0. The Morgan fingerprint density at radius 2 is 1.17 bits per heavy atom. The Morgan fingerprint density at radius 3 is 1.46 bits per heavy atom. The first kappa shape index (κ1) is 22.5. The molecule has 1 rings (SSSR count). The number of amides is 2. The summed E-state index contributed by atoms with van der Waals surface area (Å²) < 4.78 is 10.5. The molecule has 0 radical (unpaired) electrons. The molecule has 2 atom stereocenters. The summed E-state index contributed by atoms with van der Waals surface area (Å²) in [5.74, 6) is 0. The fraction of sp³-hybridized carbons (Fsp3) is 0.882. The molecule has 0 bridgehead atoms. The van der Waals surface area contributed by atoms with Gasteiger partial charge < -0.3 is 25.4 Å². The summed E-state index contributed by atoms with van der Waals surface area (Å²) >= 11 is 0. The molecule has 0 spiro atoms. The van der Waals surface area contributed by atoms with Gasteiger partial charge in [-0.3, -0.25) is 0 Å². The van der Waals surface area contributed by atoms with E-state index in [1.54, 1.807) is 0 Å². The minimum Gasteiger partial charge on any atom is -0.444 e. The van der Waals surface area contributed by atoms with Crippen molar-refractivity contribution in [3.63, 3.8) is 0 Å². The molecule has 1 aliphatic heterocycles. The highest BCUT2D eigenvalue weighted by Gasteiger charge is 2.27. The second kappa shape index (κ2) is 9.71. The van der Waals surface area contributed by atoms with Crippen LogP contribution in [0.15, 0.2) is 0 Å². The molecule has 0 aromatic heterocycles. The van der Waals surface area contributed by atoms with E-state index in [2.05, 4.69) is 16.0 Å². The van der Waals surface area contributed by atoms with E-state index in [9.17, 15) is 9.59 Å². The molecule has 0 saturated carbocycles. The fourth-order valence-corrected chi connectivity index (χ4v) is 2.11. The largest absolute Gasteiger partial charge is 0.444 e. The third-order valence-electron chi connectivity index (χ3n) is 2.79. The maximum Gasteiger partial charge on any atom is 0.407 e. The minimum atomic E-state index is -0.527. The quantitative estimate of drug-likeness (QED) is 0.716. The highest BCUT2D eigenvalue weighted by molar-refractivity contribution is 5.69. The van der Waals surface area contributed by atoms with Crippen molar-refractivity contribution < 1.29 is 19.1 Å². The molecule has 0 aromatic carbocycles. The zero-order valence-corrected chi connectivity index (χ0v) is 16.4. The van der Waals surface area contributed by atoms with Gasteiger partial charge >= 0.3 is 12.2 Å². The standard InChI is InChI=1S/C15H29N3O4.C2H6/c1-14(2,3)21-12(19)17-10-7-11(9-16-8-10)18-13(20)22-15(4,5)6;1-2/h10-11,16H,7-9H2,1-6H3,(H,17,19)(H,18,20);1-2H3. The summed E-state index contributed by atoms with van der Waals surface area (Å²) in [5, 5.41) is 8.80. The van der Waals surface area contributed by atoms with Gasteiger partial charge in [0, 0.05) is 25.2 Å². The molecule has 2 amide bonds. The Hall–Kier alpha value is -1.50. The summed E-state index contributed by atoms with van der Waals surface area (Å²) in [6, 6.07) is -0.188. The number of piperidine rings is 1. The topological polar surface area (TPSA) is 88.7 Å². The van der Waals surface area contributed by atoms with Crippen molar-refractivity contribution in [2.75, 3.05) is 13.1 Å². The van der Waals surface area contributed by atoms with E-state index < -0.39 is 23.4 Å². The molecule has 0 aliphatic carbocycles. The van der Waals surface area contributed by atoms with Gasteiger partial charge in [-0.2, -0.15) is 0 Å². The summed E-state index contributed by atoms with van der Waals surface area (Å²) in [4.78, 5) is 23.5. The number of hydrogen-bond donors (Lipinski definition) is 3. The van der Waals surface area contributed by atoms with E-state index in [1.807, 2.05) is 55.4 Å². The summed E-state index contributed by atoms with van der Waals surface area (Å²) in [6.07, 6.45) is -0.264. The van der Waals surface area contributed by atoms with Crippen molar-refractivity contribution in [3.8, 4) is 0 Å². The number of rotatable bonds is 2. The van der Waals surface area contributed by atoms with E-state index in [0.29, 0.717) is 19.5 Å². The Morgan fingerprint density at radius 1 is 0.833 bits per heavy atom. The molecule has 24 heavy (non-hydrogen) atoms. The van der Waals surface area contributed by atoms with Gasteiger partial charge in [0.05, 0.1) is 0 Å². The maximum atomic E-state index is 11.8. The van der Waals surface area contributed by atoms with Crippen molar-refractivity contribution in [1.29, 1.82) is 0 Å². The van der Waals surface area contributed by atoms with Crippen molar-refractivity contribution in [2.24, 2.45) is 0 Å². The van der Waals surface area contributed by atoms with E-state index in [1.165, 1.54) is 0 Å². The summed E-state index contributed by atoms with van der Waals surface area (Å²) in [7, 11) is 0. The first-order valence-corrected chi connectivity index (χ1v) is 8.64. The van der Waals surface area contributed by atoms with E-state index in [-0.39, 0.29) is 12.1 Å². The van der Waals surface area contributed by atoms with Crippen LogP contribution in [-0.2, 0) is 9.47 Å². The molecule has 7 heteroatoms. The first-order chi connectivity index (χ1) is 10.9. The highest BCUT2D eigenvalue weighted by Crippen LogP contribution is 2.10. The molecule has 1 fully saturated rings. The van der Waals surface area contributed by atoms with Crippen LogP contribution >= 0.6 is 0 Å². The fourth-order valence-electron chi connectivity index (χ4n) is 2.11. The summed E-state index contributed by atoms with van der Waals surface area (Å²) in [6.45, 7) is 16.2. The number of hydrogen-bond acceptors (Lipinski definition) is 5. The van der Waals surface area contributed by atoms with Crippen molar-refractivity contribution in [2.45, 2.75) is 85.1 Å². The number of nitrogens with one attached hydrogen (secondary N) is 3. The number of carbonyl (C=O) groups is 2. The molecule has 7 nitrogen and oxygen atoms in total. The molecule has 2 unspecified atom stereocenters. The Bertz CT molecular complexity index is 364. The average Bonchev–Trinajstić information content (AvgIpc) is 2.36. The lowest BCUT2D eigenvalue weighted by Crippen LogP contribution is -2.56. The predicted molar refractivity (Wildman–Crippen MR) is 95.2 cm³/mol. The second-order valence-electron chi connectivity index (χ2n) is 7.58. The van der Waals surface area contributed by atoms with Gasteiger partial charge in [-0.1, -0.05) is 13.8 Å². The van der Waals surface area contributed by atoms with E-state index >= 15 is 0 Å². The molecule has 1 saturated heterocycles. The lowest BCUT2D eigenvalue weighted by Gasteiger charge is -2.32. The molecule has 0 aromatic rings. The Kier molecular flexibility index (Phi) is 9.11. The van der Waals surface area contributed by atoms with Gasteiger partial charge in [0.25, 0.3) is 0 Å². The smallest absolute Gasteiger partial charge is 0.407 e. The van der Waals surface area contributed by atoms with Crippen molar-refractivity contribution >= 4 is 12.2 Å². The molecule has 1 aliphatic rings. The third kappa shape index (κ3) is 11.1. The van der Waals surface area contributed by atoms with Gasteiger partial charge in [-0.05, 0) is 48.0 Å². The van der Waals surface area contributed by atoms with Crippen LogP contribution in [0.3, 0.4) is 0 Å². The number of ether oxygens (including phenoxy) is 2. The van der Waals surface area contributed by atoms with Gasteiger partial charge in [0.15, 0.2) is 0 Å². The van der Waals surface area contributed by atoms with Crippen LogP contribution in [-0.4, -0.2) is 48.6 Å². The molecule has 1 heterocycles. The van der Waals surface area contributed by atoms with E-state index in [4.69, 9.17) is 9.47 Å². The summed E-state index contributed by atoms with van der Waals surface area (Å²) in [5.41, 5.74) is -1.05. The SMILES string of the molecule is CC.CC(C)(C)OC(=O)NC1CNCC(NC(=O)OC(C)(C)C)C1. The molecule has 3 N–H and O–H groups in total. The van der Waals surface area contributed by atoms with Crippen LogP contribution in [0.2, 0.25) is 0 Å². The van der Waals surface area contributed by atoms with Crippen molar-refractivity contribution in [3.05, 3.63) is 0 Å². The maximum absolute atomic E-state index is 11.8. The van der Waals surface area contributed by atoms with Crippen LogP contribution in [0.1, 0.15) is 61.8 Å². The zero-order valence-electron chi connectivity index (χ0n) is 16.4. The predicted octanol–water partition coefficient (Wildman–Crippen LogP) is 2.79.